The molecule has 14 heteroatoms. The summed E-state index contributed by atoms with van der Waals surface area (Å²) in [5.74, 6) is -4.53. The molecule has 0 aromatic heterocycles. The summed E-state index contributed by atoms with van der Waals surface area (Å²) in [6.45, 7) is 2.64. The van der Waals surface area contributed by atoms with Crippen LogP contribution in [0.15, 0.2) is 0 Å². The van der Waals surface area contributed by atoms with Gasteiger partial charge in [-0.15, -0.1) is 0 Å². The number of hydrogen-bond acceptors (Lipinski definition) is 13. The molecule has 2 fully saturated rings. The summed E-state index contributed by atoms with van der Waals surface area (Å²) in [4.78, 5) is 26.7. The average Bonchev–Trinajstić information content (AvgIpc) is 3.15. The summed E-state index contributed by atoms with van der Waals surface area (Å²) in [5.41, 5.74) is 4.06. The van der Waals surface area contributed by atoms with Crippen LogP contribution in [0.5, 0.6) is 0 Å². The fourth-order valence-corrected chi connectivity index (χ4v) is 7.64. The molecule has 54 heavy (non-hydrogen) atoms. The van der Waals surface area contributed by atoms with E-state index in [0.717, 1.165) is 51.4 Å². The van der Waals surface area contributed by atoms with Gasteiger partial charge < -0.3 is 61.0 Å². The monoisotopic (exact) mass is 777 g/mol. The van der Waals surface area contributed by atoms with Gasteiger partial charge in [-0.05, 0) is 12.8 Å². The highest BCUT2D eigenvalue weighted by molar-refractivity contribution is 5.77. The Morgan fingerprint density at radius 1 is 0.611 bits per heavy atom. The standard InChI is InChI=1S/C40H76N2O12/c1-3-5-7-9-11-13-15-17-19-21-23-25-31(45)42-39(41)37(53-32(46)26-24-22-20-18-16-14-12-10-8-6-4-2)34(48)30(28-44)54-40(39,51)38-36(50)35(49)33(47)29(27-43)52-38/h29-30,33-38,43-44,47-51H,3-28,41H2,1-2H3,(H,42,45)/t29-,30-,33-,34-,35+,36-,37+,38-,39-,40?/m1/s1. The van der Waals surface area contributed by atoms with Crippen molar-refractivity contribution in [2.75, 3.05) is 13.2 Å². The Labute approximate surface area is 323 Å². The molecule has 0 bridgehead atoms. The highest BCUT2D eigenvalue weighted by Gasteiger charge is 2.71. The Kier molecular flexibility index (Phi) is 23.9. The molecule has 318 valence electrons. The zero-order valence-electron chi connectivity index (χ0n) is 33.3. The molecule has 0 radical (unpaired) electrons. The van der Waals surface area contributed by atoms with Crippen LogP contribution in [0.3, 0.4) is 0 Å². The number of ether oxygens (including phenoxy) is 3. The van der Waals surface area contributed by atoms with Crippen molar-refractivity contribution in [2.24, 2.45) is 5.73 Å². The van der Waals surface area contributed by atoms with Gasteiger partial charge in [-0.3, -0.25) is 9.59 Å². The lowest BCUT2D eigenvalue weighted by atomic mass is 9.77. The highest BCUT2D eigenvalue weighted by atomic mass is 16.7. The number of carbonyl (C=O) groups excluding carboxylic acids is 2. The predicted molar refractivity (Wildman–Crippen MR) is 204 cm³/mol. The smallest absolute Gasteiger partial charge is 0.306 e. The number of unbranched alkanes of at least 4 members (excludes halogenated alkanes) is 20. The second kappa shape index (κ2) is 26.5. The molecule has 10 atom stereocenters. The van der Waals surface area contributed by atoms with Gasteiger partial charge in [0.05, 0.1) is 13.2 Å². The molecule has 10 N–H and O–H groups in total. The SMILES string of the molecule is CCCCCCCCCCCCCC(=O)N[C@]1(N)[C@@H](OC(=O)CCCCCCCCCCCCC)[C@H](O)[C@@H](CO)OC1(O)[C@@H]1O[C@H](CO)[C@@H](O)[C@H](O)[C@H]1O. The van der Waals surface area contributed by atoms with Crippen LogP contribution in [0.1, 0.15) is 168 Å². The van der Waals surface area contributed by atoms with E-state index >= 15 is 0 Å². The van der Waals surface area contributed by atoms with Gasteiger partial charge in [0.2, 0.25) is 11.7 Å². The Balaban J connectivity index is 2.13. The van der Waals surface area contributed by atoms with Crippen molar-refractivity contribution >= 4 is 11.9 Å². The van der Waals surface area contributed by atoms with Gasteiger partial charge in [-0.25, -0.2) is 0 Å². The van der Waals surface area contributed by atoms with Crippen LogP contribution in [-0.4, -0.2) is 121 Å². The topological polar surface area (TPSA) is 241 Å². The molecule has 0 aromatic rings. The number of carbonyl (C=O) groups is 2. The van der Waals surface area contributed by atoms with Crippen molar-refractivity contribution in [1.82, 2.24) is 5.32 Å². The molecular weight excluding hydrogens is 700 g/mol. The lowest BCUT2D eigenvalue weighted by Crippen LogP contribution is -2.88. The first kappa shape index (κ1) is 48.7. The Hall–Kier alpha value is -1.46. The first-order valence-electron chi connectivity index (χ1n) is 21.2. The molecular formula is C40H76N2O12. The first-order chi connectivity index (χ1) is 25.9. The molecule has 2 aliphatic rings. The van der Waals surface area contributed by atoms with Crippen molar-refractivity contribution in [1.29, 1.82) is 0 Å². The number of nitrogens with two attached hydrogens (primary N) is 1. The van der Waals surface area contributed by atoms with Gasteiger partial charge in [0.25, 0.3) is 0 Å². The maximum absolute atomic E-state index is 13.5. The van der Waals surface area contributed by atoms with E-state index in [0.29, 0.717) is 12.8 Å². The summed E-state index contributed by atoms with van der Waals surface area (Å²) in [6, 6.07) is 0. The highest BCUT2D eigenvalue weighted by Crippen LogP contribution is 2.42. The minimum atomic E-state index is -3.07. The third kappa shape index (κ3) is 14.8. The van der Waals surface area contributed by atoms with Crippen molar-refractivity contribution in [2.45, 2.75) is 228 Å². The van der Waals surface area contributed by atoms with E-state index in [1.807, 2.05) is 0 Å². The van der Waals surface area contributed by atoms with E-state index in [9.17, 15) is 45.3 Å². The Morgan fingerprint density at radius 2 is 1.04 bits per heavy atom. The second-order valence-corrected chi connectivity index (χ2v) is 15.7. The molecule has 2 aliphatic heterocycles. The molecule has 0 aromatic carbocycles. The van der Waals surface area contributed by atoms with E-state index in [1.165, 1.54) is 77.0 Å². The summed E-state index contributed by atoms with van der Waals surface area (Å²) >= 11 is 0. The number of hydrogen-bond donors (Lipinski definition) is 9. The largest absolute Gasteiger partial charge is 0.455 e. The van der Waals surface area contributed by atoms with E-state index in [2.05, 4.69) is 19.2 Å². The summed E-state index contributed by atoms with van der Waals surface area (Å²) in [7, 11) is 0. The third-order valence-electron chi connectivity index (χ3n) is 11.1. The quantitative estimate of drug-likeness (QED) is 0.0301. The number of amides is 1. The fraction of sp³-hybridized carbons (Fsp3) is 0.950. The molecule has 1 unspecified atom stereocenters. The fourth-order valence-electron chi connectivity index (χ4n) is 7.64. The van der Waals surface area contributed by atoms with Crippen LogP contribution >= 0.6 is 0 Å². The first-order valence-corrected chi connectivity index (χ1v) is 21.2. The maximum Gasteiger partial charge on any atom is 0.306 e. The van der Waals surface area contributed by atoms with Crippen LogP contribution in [0.2, 0.25) is 0 Å². The predicted octanol–water partition coefficient (Wildman–Crippen LogP) is 3.35. The molecule has 0 spiro atoms. The van der Waals surface area contributed by atoms with Gasteiger partial charge in [-0.1, -0.05) is 142 Å². The number of aliphatic hydroxyl groups excluding tert-OH is 6. The number of rotatable bonds is 29. The maximum atomic E-state index is 13.5. The normalized spacial score (nSPS) is 31.4. The van der Waals surface area contributed by atoms with Gasteiger partial charge >= 0.3 is 5.97 Å². The second-order valence-electron chi connectivity index (χ2n) is 15.7. The van der Waals surface area contributed by atoms with E-state index in [4.69, 9.17) is 19.9 Å². The van der Waals surface area contributed by atoms with Crippen LogP contribution in [0.4, 0.5) is 0 Å². The van der Waals surface area contributed by atoms with Crippen molar-refractivity contribution in [3.05, 3.63) is 0 Å². The van der Waals surface area contributed by atoms with Crippen LogP contribution in [-0.2, 0) is 23.8 Å². The van der Waals surface area contributed by atoms with Crippen molar-refractivity contribution < 1.29 is 59.5 Å². The minimum absolute atomic E-state index is 0.0420. The van der Waals surface area contributed by atoms with E-state index in [-0.39, 0.29) is 12.8 Å². The van der Waals surface area contributed by atoms with E-state index < -0.39 is 85.4 Å². The average molecular weight is 777 g/mol. The van der Waals surface area contributed by atoms with Crippen molar-refractivity contribution in [3.63, 3.8) is 0 Å². The molecule has 14 nitrogen and oxygen atoms in total. The molecule has 2 heterocycles. The molecule has 2 saturated heterocycles. The van der Waals surface area contributed by atoms with E-state index in [1.54, 1.807) is 0 Å². The number of esters is 1. The molecule has 0 aliphatic carbocycles. The lowest BCUT2D eigenvalue weighted by molar-refractivity contribution is -0.406. The number of nitrogens with one attached hydrogen (secondary N) is 1. The molecule has 2 rings (SSSR count). The minimum Gasteiger partial charge on any atom is -0.455 e. The lowest BCUT2D eigenvalue weighted by Gasteiger charge is -2.58. The van der Waals surface area contributed by atoms with Crippen LogP contribution in [0.25, 0.3) is 0 Å². The van der Waals surface area contributed by atoms with Crippen LogP contribution < -0.4 is 11.1 Å². The van der Waals surface area contributed by atoms with Gasteiger partial charge in [0.15, 0.2) is 11.8 Å². The van der Waals surface area contributed by atoms with Gasteiger partial charge in [-0.2, -0.15) is 0 Å². The van der Waals surface area contributed by atoms with Gasteiger partial charge in [0.1, 0.15) is 42.7 Å². The summed E-state index contributed by atoms with van der Waals surface area (Å²) in [6.07, 6.45) is 8.51. The third-order valence-corrected chi connectivity index (χ3v) is 11.1. The Morgan fingerprint density at radius 3 is 1.48 bits per heavy atom. The van der Waals surface area contributed by atoms with Gasteiger partial charge in [0, 0.05) is 12.8 Å². The zero-order valence-corrected chi connectivity index (χ0v) is 33.3. The van der Waals surface area contributed by atoms with Crippen LogP contribution in [0, 0.1) is 0 Å². The molecule has 0 saturated carbocycles. The number of aliphatic hydroxyl groups is 7. The summed E-state index contributed by atoms with van der Waals surface area (Å²) in [5, 5.41) is 78.1. The van der Waals surface area contributed by atoms with Crippen molar-refractivity contribution in [3.8, 4) is 0 Å². The Bertz CT molecular complexity index is 1020. The molecule has 1 amide bonds. The summed E-state index contributed by atoms with van der Waals surface area (Å²) < 4.78 is 17.0. The zero-order chi connectivity index (χ0) is 40.0.